The van der Waals surface area contributed by atoms with Gasteiger partial charge in [0.2, 0.25) is 0 Å². The molecule has 0 unspecified atom stereocenters. The van der Waals surface area contributed by atoms with Crippen molar-refractivity contribution in [1.82, 2.24) is 0 Å². The lowest BCUT2D eigenvalue weighted by Gasteiger charge is -2.11. The van der Waals surface area contributed by atoms with Gasteiger partial charge in [-0.15, -0.1) is 0 Å². The zero-order valence-corrected chi connectivity index (χ0v) is 11.4. The maximum Gasteiger partial charge on any atom is 0.139 e. The monoisotopic (exact) mass is 277 g/mol. The van der Waals surface area contributed by atoms with Gasteiger partial charge in [0, 0.05) is 11.1 Å². The fourth-order valence-corrected chi connectivity index (χ4v) is 1.92. The van der Waals surface area contributed by atoms with Crippen LogP contribution in [0.15, 0.2) is 42.5 Å². The highest BCUT2D eigenvalue weighted by atomic mass is 35.5. The largest absolute Gasteiger partial charge is 0.457 e. The van der Waals surface area contributed by atoms with Gasteiger partial charge in [0.1, 0.15) is 16.5 Å². The fraction of sp³-hybridized carbons (Fsp3) is 0.0714. The summed E-state index contributed by atoms with van der Waals surface area (Å²) in [6, 6.07) is 12.9. The van der Waals surface area contributed by atoms with Crippen LogP contribution in [0, 0.1) is 6.92 Å². The van der Waals surface area contributed by atoms with E-state index in [1.54, 1.807) is 18.2 Å². The molecule has 0 amide bonds. The van der Waals surface area contributed by atoms with E-state index in [1.807, 2.05) is 31.2 Å². The third-order valence-corrected chi connectivity index (χ3v) is 2.88. The summed E-state index contributed by atoms with van der Waals surface area (Å²) >= 11 is 10.9. The van der Waals surface area contributed by atoms with Crippen LogP contribution in [-0.2, 0) is 0 Å². The predicted molar refractivity (Wildman–Crippen MR) is 78.6 cm³/mol. The van der Waals surface area contributed by atoms with Crippen LogP contribution >= 0.6 is 23.8 Å². The van der Waals surface area contributed by atoms with Crippen molar-refractivity contribution in [3.8, 4) is 11.5 Å². The third-order valence-electron chi connectivity index (χ3n) is 2.43. The van der Waals surface area contributed by atoms with Gasteiger partial charge in [0.15, 0.2) is 0 Å². The minimum Gasteiger partial charge on any atom is -0.457 e. The van der Waals surface area contributed by atoms with Gasteiger partial charge in [-0.1, -0.05) is 36.0 Å². The van der Waals surface area contributed by atoms with Gasteiger partial charge in [-0.3, -0.25) is 0 Å². The van der Waals surface area contributed by atoms with E-state index in [2.05, 4.69) is 0 Å². The Kier molecular flexibility index (Phi) is 3.84. The lowest BCUT2D eigenvalue weighted by Crippen LogP contribution is -2.10. The molecule has 0 aliphatic rings. The highest BCUT2D eigenvalue weighted by Gasteiger charge is 2.08. The first-order valence-corrected chi connectivity index (χ1v) is 6.19. The van der Waals surface area contributed by atoms with Crippen LogP contribution in [0.3, 0.4) is 0 Å². The molecule has 0 radical (unpaired) electrons. The highest BCUT2D eigenvalue weighted by molar-refractivity contribution is 7.80. The van der Waals surface area contributed by atoms with E-state index in [0.29, 0.717) is 16.3 Å². The molecule has 0 heterocycles. The first kappa shape index (κ1) is 12.9. The van der Waals surface area contributed by atoms with Crippen molar-refractivity contribution in [1.29, 1.82) is 0 Å². The van der Waals surface area contributed by atoms with Gasteiger partial charge in [-0.2, -0.15) is 0 Å². The Morgan fingerprint density at radius 2 is 2.00 bits per heavy atom. The standard InChI is InChI=1S/C14H12ClNOS/c1-9-3-2-4-11(7-9)17-13-8-10(15)5-6-12(13)14(16)18/h2-8H,1H3,(H2,16,18). The van der Waals surface area contributed by atoms with E-state index >= 15 is 0 Å². The molecule has 0 spiro atoms. The average molecular weight is 278 g/mol. The van der Waals surface area contributed by atoms with E-state index in [-0.39, 0.29) is 4.99 Å². The maximum absolute atomic E-state index is 5.95. The Balaban J connectivity index is 2.39. The Morgan fingerprint density at radius 3 is 2.67 bits per heavy atom. The number of aryl methyl sites for hydroxylation is 1. The van der Waals surface area contributed by atoms with E-state index in [1.165, 1.54) is 0 Å². The summed E-state index contributed by atoms with van der Waals surface area (Å²) in [5.41, 5.74) is 7.45. The van der Waals surface area contributed by atoms with Crippen LogP contribution in [0.25, 0.3) is 0 Å². The molecule has 0 aromatic heterocycles. The number of halogens is 1. The van der Waals surface area contributed by atoms with Crippen molar-refractivity contribution >= 4 is 28.8 Å². The summed E-state index contributed by atoms with van der Waals surface area (Å²) < 4.78 is 5.78. The number of benzene rings is 2. The first-order valence-electron chi connectivity index (χ1n) is 5.40. The summed E-state index contributed by atoms with van der Waals surface area (Å²) in [6.07, 6.45) is 0. The minimum atomic E-state index is 0.286. The normalized spacial score (nSPS) is 10.1. The average Bonchev–Trinajstić information content (AvgIpc) is 2.28. The van der Waals surface area contributed by atoms with Gasteiger partial charge in [0.25, 0.3) is 0 Å². The number of rotatable bonds is 3. The Morgan fingerprint density at radius 1 is 1.22 bits per heavy atom. The van der Waals surface area contributed by atoms with Gasteiger partial charge >= 0.3 is 0 Å². The summed E-state index contributed by atoms with van der Waals surface area (Å²) in [6.45, 7) is 2.00. The maximum atomic E-state index is 5.95. The van der Waals surface area contributed by atoms with Crippen molar-refractivity contribution in [3.63, 3.8) is 0 Å². The lowest BCUT2D eigenvalue weighted by atomic mass is 10.2. The number of ether oxygens (including phenoxy) is 1. The number of nitrogens with two attached hydrogens (primary N) is 1. The SMILES string of the molecule is Cc1cccc(Oc2cc(Cl)ccc2C(N)=S)c1. The first-order chi connectivity index (χ1) is 8.56. The topological polar surface area (TPSA) is 35.2 Å². The van der Waals surface area contributed by atoms with E-state index in [9.17, 15) is 0 Å². The zero-order chi connectivity index (χ0) is 13.1. The van der Waals surface area contributed by atoms with Crippen LogP contribution in [0.1, 0.15) is 11.1 Å². The molecule has 0 atom stereocenters. The molecule has 0 aliphatic carbocycles. The summed E-state index contributed by atoms with van der Waals surface area (Å²) in [5, 5.41) is 0.581. The van der Waals surface area contributed by atoms with E-state index in [4.69, 9.17) is 34.3 Å². The van der Waals surface area contributed by atoms with Gasteiger partial charge < -0.3 is 10.5 Å². The van der Waals surface area contributed by atoms with Gasteiger partial charge in [-0.25, -0.2) is 0 Å². The van der Waals surface area contributed by atoms with Gasteiger partial charge in [0.05, 0.1) is 5.56 Å². The van der Waals surface area contributed by atoms with Crippen LogP contribution < -0.4 is 10.5 Å². The predicted octanol–water partition coefficient (Wildman–Crippen LogP) is 4.07. The summed E-state index contributed by atoms with van der Waals surface area (Å²) in [4.78, 5) is 0.286. The van der Waals surface area contributed by atoms with E-state index in [0.717, 1.165) is 11.3 Å². The molecule has 2 aromatic rings. The molecule has 0 saturated carbocycles. The Labute approximate surface area is 116 Å². The van der Waals surface area contributed by atoms with Crippen molar-refractivity contribution in [2.45, 2.75) is 6.92 Å². The quantitative estimate of drug-likeness (QED) is 0.859. The molecular formula is C14H12ClNOS. The van der Waals surface area contributed by atoms with Crippen LogP contribution in [0.2, 0.25) is 5.02 Å². The van der Waals surface area contributed by atoms with Crippen LogP contribution in [-0.4, -0.2) is 4.99 Å². The Hall–Kier alpha value is -1.58. The van der Waals surface area contributed by atoms with Crippen LogP contribution in [0.4, 0.5) is 0 Å². The second-order valence-electron chi connectivity index (χ2n) is 3.92. The summed E-state index contributed by atoms with van der Waals surface area (Å²) in [5.74, 6) is 1.30. The van der Waals surface area contributed by atoms with Gasteiger partial charge in [-0.05, 0) is 36.8 Å². The zero-order valence-electron chi connectivity index (χ0n) is 9.81. The van der Waals surface area contributed by atoms with Crippen LogP contribution in [0.5, 0.6) is 11.5 Å². The molecule has 2 aromatic carbocycles. The second-order valence-corrected chi connectivity index (χ2v) is 4.80. The lowest BCUT2D eigenvalue weighted by molar-refractivity contribution is 0.481. The highest BCUT2D eigenvalue weighted by Crippen LogP contribution is 2.28. The smallest absolute Gasteiger partial charge is 0.139 e. The van der Waals surface area contributed by atoms with Crippen molar-refractivity contribution in [2.75, 3.05) is 0 Å². The molecule has 2 rings (SSSR count). The number of hydrogen-bond acceptors (Lipinski definition) is 2. The molecule has 2 N–H and O–H groups in total. The molecule has 0 fully saturated rings. The van der Waals surface area contributed by atoms with Crippen molar-refractivity contribution in [2.24, 2.45) is 5.73 Å². The molecule has 92 valence electrons. The molecule has 0 saturated heterocycles. The Bertz CT molecular complexity index is 598. The molecule has 0 bridgehead atoms. The molecular weight excluding hydrogens is 266 g/mol. The molecule has 0 aliphatic heterocycles. The second kappa shape index (κ2) is 5.38. The molecule has 2 nitrogen and oxygen atoms in total. The minimum absolute atomic E-state index is 0.286. The number of thiocarbonyl (C=S) groups is 1. The van der Waals surface area contributed by atoms with Crippen molar-refractivity contribution < 1.29 is 4.74 Å². The molecule has 4 heteroatoms. The third kappa shape index (κ3) is 3.00. The summed E-state index contributed by atoms with van der Waals surface area (Å²) in [7, 11) is 0. The van der Waals surface area contributed by atoms with Crippen molar-refractivity contribution in [3.05, 3.63) is 58.6 Å². The number of hydrogen-bond donors (Lipinski definition) is 1. The molecule has 18 heavy (non-hydrogen) atoms. The fourth-order valence-electron chi connectivity index (χ4n) is 1.59. The van der Waals surface area contributed by atoms with E-state index < -0.39 is 0 Å².